The molecule has 4 nitrogen and oxygen atoms in total. The Kier molecular flexibility index (Phi) is 63.8. The van der Waals surface area contributed by atoms with Crippen LogP contribution in [0.1, 0.15) is 120 Å². The van der Waals surface area contributed by atoms with Gasteiger partial charge in [-0.15, -0.1) is 0 Å². The van der Waals surface area contributed by atoms with Gasteiger partial charge in [0.25, 0.3) is 6.71 Å². The molecule has 2 aliphatic carbocycles. The molecule has 800 valence electrons. The fraction of sp³-hybridized carbons (Fsp3) is 0.226. The van der Waals surface area contributed by atoms with Crippen LogP contribution in [0.15, 0.2) is 273 Å². The third kappa shape index (κ3) is 32.8. The van der Waals surface area contributed by atoms with Crippen LogP contribution >= 0.6 is 594 Å². The minimum absolute atomic E-state index is 0. The van der Waals surface area contributed by atoms with Crippen LogP contribution in [0.25, 0.3) is 44.5 Å². The molecule has 143 heavy (non-hydrogen) atoms. The summed E-state index contributed by atoms with van der Waals surface area (Å²) in [7, 11) is -10.7. The Hall–Kier alpha value is 22.8. The number of aryl methyl sites for hydroxylation is 4. The number of halogens is 45. The summed E-state index contributed by atoms with van der Waals surface area (Å²) in [4.78, 5) is 10.6. The van der Waals surface area contributed by atoms with E-state index >= 15 is 0 Å². The third-order valence-corrected chi connectivity index (χ3v) is 3410. The van der Waals surface area contributed by atoms with E-state index in [0.29, 0.717) is 13.3 Å². The molecular formula is C93H89BI45N4-. The van der Waals surface area contributed by atoms with Crippen LogP contribution in [0.3, 0.4) is 0 Å². The number of hydrogen-bond donors (Lipinski definition) is 0. The number of anilines is 10. The Morgan fingerprint density at radius 1 is 0.280 bits per heavy atom. The monoisotopic (exact) mass is 6980 g/mol. The summed E-state index contributed by atoms with van der Waals surface area (Å²) in [6.45, 7) is 19.5. The topological polar surface area (TPSA) is 13.0 Å². The number of fused-ring (bicyclic) bond motifs is 10. The van der Waals surface area contributed by atoms with Crippen molar-refractivity contribution in [1.82, 2.24) is 0 Å². The molecule has 4 aliphatic heterocycles. The fourth-order valence-electron chi connectivity index (χ4n) is 19.4. The van der Waals surface area contributed by atoms with E-state index in [1.54, 1.807) is 5.56 Å². The second-order valence-electron chi connectivity index (χ2n) is 33.3. The van der Waals surface area contributed by atoms with Crippen molar-refractivity contribution in [3.05, 3.63) is 306 Å². The first-order valence-corrected chi connectivity index (χ1v) is 318. The summed E-state index contributed by atoms with van der Waals surface area (Å²) in [5.74, 6) is 0. The maximum atomic E-state index is 3.37. The average Bonchev–Trinajstić information content (AvgIpc) is 1.48. The van der Waals surface area contributed by atoms with E-state index in [1.807, 2.05) is 0 Å². The molecule has 12 aromatic rings. The van der Waals surface area contributed by atoms with Gasteiger partial charge < -0.3 is 19.6 Å². The van der Waals surface area contributed by atoms with Gasteiger partial charge >= 0.3 is 607 Å². The maximum absolute atomic E-state index is 3.37. The van der Waals surface area contributed by atoms with Gasteiger partial charge in [0.05, 0.1) is 11.1 Å². The standard InChI is InChI=1S/C46H41BN2.C46H44N2.CH4.I45/c1-30-24-37-44-39(25-30)47-38-21-20-35(33-16-9-6-10-17-33)29-40(38)48(36-19-13-18-34(28-36)32-14-7-5-8-15-32)41-26-31(2)27-42(43(41)47)49(44)46(4)23-12-11-22-45(37,46)3;1-33-23-24-44-43(29-33)45(3)25-11-12-26-46(45,4)48(44)42-28-34(2)27-41(32-42)47(39-21-13-19-37(30-39)35-15-7-5-8-16-35)40-22-14-20-38(31-40)36-17-9-6-10-18-36;;1-24-26(4)28(6)30(8)32(10)34(12)36(14)38(16)40(18)42(20)44(22)45(23)43(21)41(19)39(17)37(15)35(13)33(11)31(9)29(7)27(5)25(2)3/h5-10,13-21,24-29H,11-12,22-23H2,1-4H3;5-10,13-24,27-32H,11-12,25-26H2,1-4H3;1H4;/q;;;-1. The first-order valence-electron chi connectivity index (χ1n) is 41.9. The van der Waals surface area contributed by atoms with Crippen LogP contribution in [-0.2, 0) is 10.8 Å². The van der Waals surface area contributed by atoms with Crippen molar-refractivity contribution in [1.29, 1.82) is 0 Å². The van der Waals surface area contributed by atoms with Gasteiger partial charge in [0.2, 0.25) is 0 Å². The summed E-state index contributed by atoms with van der Waals surface area (Å²) in [6.07, 6.45) is 9.99. The summed E-state index contributed by atoms with van der Waals surface area (Å²) < 4.78 is 0. The molecule has 4 heterocycles. The van der Waals surface area contributed by atoms with Crippen LogP contribution in [0.5, 0.6) is 0 Å². The van der Waals surface area contributed by atoms with E-state index in [1.165, 1.54) is 186 Å². The van der Waals surface area contributed by atoms with Crippen molar-refractivity contribution < 1.29 is 13.3 Å². The predicted octanol–water partition coefficient (Wildman–Crippen LogP) is 59.5. The average molecular weight is 6980 g/mol. The Morgan fingerprint density at radius 2 is 0.650 bits per heavy atom. The van der Waals surface area contributed by atoms with Gasteiger partial charge in [-0.3, -0.25) is 0 Å². The molecule has 4 atom stereocenters. The van der Waals surface area contributed by atoms with E-state index in [9.17, 15) is 0 Å². The molecular weight excluding hydrogens is 6890 g/mol. The summed E-state index contributed by atoms with van der Waals surface area (Å²) >= 11 is 75.4. The van der Waals surface area contributed by atoms with Gasteiger partial charge in [-0.05, 0) is 229 Å². The summed E-state index contributed by atoms with van der Waals surface area (Å²) in [5, 5.41) is 0. The Labute approximate surface area is 1150 Å². The zero-order valence-corrected chi connectivity index (χ0v) is 172. The molecule has 50 heteroatoms. The van der Waals surface area contributed by atoms with Gasteiger partial charge in [-0.25, -0.2) is 0 Å². The van der Waals surface area contributed by atoms with Crippen LogP contribution < -0.4 is 49.2 Å². The fourth-order valence-corrected chi connectivity index (χ4v) is 8190. The quantitative estimate of drug-likeness (QED) is 0.0329. The van der Waals surface area contributed by atoms with E-state index in [4.69, 9.17) is 0 Å². The molecule has 12 aromatic carbocycles. The van der Waals surface area contributed by atoms with Crippen molar-refractivity contribution in [2.45, 2.75) is 136 Å². The molecule has 2 fully saturated rings. The predicted molar refractivity (Wildman–Crippen MR) is 1040 cm³/mol. The minimum atomic E-state index is -0.558. The Bertz CT molecular complexity index is 6350. The molecule has 0 spiro atoms. The zero-order chi connectivity index (χ0) is 102. The van der Waals surface area contributed by atoms with Gasteiger partial charge in [0.15, 0.2) is 0 Å². The second kappa shape index (κ2) is 65.5. The number of rotatable bonds is 30. The Morgan fingerprint density at radius 3 is 1.10 bits per heavy atom. The van der Waals surface area contributed by atoms with Gasteiger partial charge in [0.1, 0.15) is 0 Å². The molecule has 0 saturated heterocycles. The normalized spacial score (nSPS) is 19.8. The molecule has 2 saturated carbocycles. The number of nitrogens with zero attached hydrogens (tertiary/aromatic N) is 4. The SMILES string of the molecule is C.Cc1cc(N(c2cccc(-c3ccccc3)c2)c2cccc(-c3ccccc3)c2)cc(N2c3ccc(C)cc3C3(C)CCCCC23C)c1.Cc1cc2c3c(c1)N1c4c(cc(C)cc4C4(C)CCCCC14C)B3c1ccc(-c3ccccc3)cc1N2c1cccc(-c2ccccc2)c1.I[I-]I(I)I(I)I(I)I(I)I(I)I(I)I(I)I(I)I(I)I(I)I(I)I(I)I(I)I(I)I(I)I(I)I(I)I(I)I(I)I(I)I(I)I. The molecule has 4 unspecified atom stereocenters. The van der Waals surface area contributed by atoms with E-state index in [2.05, 4.69) is 776 Å². The van der Waals surface area contributed by atoms with Crippen molar-refractivity contribution in [2.75, 3.05) is 19.6 Å². The van der Waals surface area contributed by atoms with Crippen LogP contribution in [0.2, 0.25) is 0 Å². The van der Waals surface area contributed by atoms with E-state index < -0.39 is 166 Å². The molecule has 0 radical (unpaired) electrons. The Balaban J connectivity index is 0.000000161. The first-order chi connectivity index (χ1) is 67.7. The van der Waals surface area contributed by atoms with Crippen LogP contribution in [0, 0.1) is 27.7 Å². The zero-order valence-electron chi connectivity index (χ0n) is 74.5. The molecule has 0 amide bonds. The van der Waals surface area contributed by atoms with Gasteiger partial charge in [0, 0.05) is 67.7 Å². The molecule has 0 bridgehead atoms. The number of benzene rings is 12. The van der Waals surface area contributed by atoms with Crippen molar-refractivity contribution in [2.24, 2.45) is 0 Å². The van der Waals surface area contributed by atoms with Crippen LogP contribution in [-0.4, -0.2) is 17.8 Å². The summed E-state index contributed by atoms with van der Waals surface area (Å²) in [5.41, 5.74) is 35.5. The summed E-state index contributed by atoms with van der Waals surface area (Å²) in [6, 6.07) is 102. The first kappa shape index (κ1) is 139. The van der Waals surface area contributed by atoms with Gasteiger partial charge in [-0.2, -0.15) is 0 Å². The van der Waals surface area contributed by atoms with Crippen molar-refractivity contribution in [3.63, 3.8) is 0 Å². The van der Waals surface area contributed by atoms with Crippen molar-refractivity contribution in [3.8, 4) is 44.5 Å². The third-order valence-electron chi connectivity index (χ3n) is 25.6. The van der Waals surface area contributed by atoms with E-state index in [-0.39, 0.29) is 36.0 Å². The molecule has 18 rings (SSSR count). The second-order valence-corrected chi connectivity index (χ2v) is 1070. The van der Waals surface area contributed by atoms with Gasteiger partial charge in [-0.1, -0.05) is 252 Å². The molecule has 0 aromatic heterocycles. The van der Waals surface area contributed by atoms with Crippen molar-refractivity contribution >= 4 is 674 Å². The molecule has 6 aliphatic rings. The van der Waals surface area contributed by atoms with Crippen LogP contribution in [0.4, 0.5) is 56.9 Å². The van der Waals surface area contributed by atoms with E-state index in [0.717, 1.165) is 11.4 Å². The molecule has 0 N–H and O–H groups in total. The number of hydrogen-bond acceptors (Lipinski definition) is 4.